The van der Waals surface area contributed by atoms with Gasteiger partial charge in [-0.2, -0.15) is 0 Å². The van der Waals surface area contributed by atoms with Gasteiger partial charge in [-0.05, 0) is 19.1 Å². The monoisotopic (exact) mass is 316 g/mol. The number of hydrogen-bond donors (Lipinski definition) is 0. The van der Waals surface area contributed by atoms with Gasteiger partial charge >= 0.3 is 0 Å². The molecule has 0 bridgehead atoms. The average Bonchev–Trinajstić information content (AvgIpc) is 3.08. The SMILES string of the molecule is COCc1nc(C)cc(N2CCN(C(=O)c3ccco3)CC2)n1. The summed E-state index contributed by atoms with van der Waals surface area (Å²) in [6, 6.07) is 5.38. The molecular formula is C16H20N4O3. The first-order chi connectivity index (χ1) is 11.2. The molecule has 23 heavy (non-hydrogen) atoms. The summed E-state index contributed by atoms with van der Waals surface area (Å²) in [5.41, 5.74) is 0.913. The molecule has 3 heterocycles. The third-order valence-corrected chi connectivity index (χ3v) is 3.78. The molecule has 0 aliphatic carbocycles. The topological polar surface area (TPSA) is 71.7 Å². The van der Waals surface area contributed by atoms with E-state index in [0.717, 1.165) is 24.6 Å². The second kappa shape index (κ2) is 6.78. The quantitative estimate of drug-likeness (QED) is 0.851. The van der Waals surface area contributed by atoms with E-state index in [1.165, 1.54) is 6.26 Å². The highest BCUT2D eigenvalue weighted by atomic mass is 16.5. The van der Waals surface area contributed by atoms with Crippen LogP contribution in [0.1, 0.15) is 22.1 Å². The average molecular weight is 316 g/mol. The first-order valence-corrected chi connectivity index (χ1v) is 7.58. The molecule has 2 aromatic rings. The van der Waals surface area contributed by atoms with Crippen molar-refractivity contribution in [2.45, 2.75) is 13.5 Å². The summed E-state index contributed by atoms with van der Waals surface area (Å²) in [5, 5.41) is 0. The molecule has 1 amide bonds. The van der Waals surface area contributed by atoms with Crippen LogP contribution in [0.4, 0.5) is 5.82 Å². The normalized spacial score (nSPS) is 15.0. The van der Waals surface area contributed by atoms with Gasteiger partial charge in [0.25, 0.3) is 5.91 Å². The van der Waals surface area contributed by atoms with Crippen LogP contribution >= 0.6 is 0 Å². The van der Waals surface area contributed by atoms with E-state index in [1.54, 1.807) is 24.1 Å². The van der Waals surface area contributed by atoms with Crippen molar-refractivity contribution in [3.8, 4) is 0 Å². The van der Waals surface area contributed by atoms with Crippen molar-refractivity contribution in [2.75, 3.05) is 38.2 Å². The minimum atomic E-state index is -0.0615. The summed E-state index contributed by atoms with van der Waals surface area (Å²) in [6.45, 7) is 5.09. The number of ether oxygens (including phenoxy) is 1. The van der Waals surface area contributed by atoms with E-state index >= 15 is 0 Å². The maximum atomic E-state index is 12.3. The first-order valence-electron chi connectivity index (χ1n) is 7.58. The van der Waals surface area contributed by atoms with Crippen LogP contribution in [-0.2, 0) is 11.3 Å². The van der Waals surface area contributed by atoms with Crippen molar-refractivity contribution in [3.63, 3.8) is 0 Å². The number of anilines is 1. The molecule has 0 unspecified atom stereocenters. The second-order valence-electron chi connectivity index (χ2n) is 5.47. The molecule has 0 N–H and O–H groups in total. The Morgan fingerprint density at radius 3 is 2.74 bits per heavy atom. The van der Waals surface area contributed by atoms with Gasteiger partial charge in [-0.15, -0.1) is 0 Å². The van der Waals surface area contributed by atoms with E-state index in [2.05, 4.69) is 14.9 Å². The van der Waals surface area contributed by atoms with E-state index in [9.17, 15) is 4.79 Å². The summed E-state index contributed by atoms with van der Waals surface area (Å²) in [7, 11) is 1.63. The van der Waals surface area contributed by atoms with Gasteiger partial charge in [0.15, 0.2) is 11.6 Å². The molecule has 1 fully saturated rings. The molecule has 3 rings (SSSR count). The highest BCUT2D eigenvalue weighted by Crippen LogP contribution is 2.17. The lowest BCUT2D eigenvalue weighted by Gasteiger charge is -2.35. The van der Waals surface area contributed by atoms with Crippen LogP contribution in [0, 0.1) is 6.92 Å². The number of hydrogen-bond acceptors (Lipinski definition) is 6. The Labute approximate surface area is 134 Å². The second-order valence-corrected chi connectivity index (χ2v) is 5.47. The Morgan fingerprint density at radius 1 is 1.30 bits per heavy atom. The fourth-order valence-electron chi connectivity index (χ4n) is 2.66. The maximum absolute atomic E-state index is 12.3. The van der Waals surface area contributed by atoms with Crippen LogP contribution in [-0.4, -0.2) is 54.1 Å². The molecule has 7 heteroatoms. The molecule has 0 saturated carbocycles. The number of rotatable bonds is 4. The molecule has 1 aliphatic heterocycles. The Balaban J connectivity index is 1.66. The van der Waals surface area contributed by atoms with Crippen LogP contribution < -0.4 is 4.90 Å². The van der Waals surface area contributed by atoms with E-state index in [-0.39, 0.29) is 5.91 Å². The molecule has 0 atom stereocenters. The maximum Gasteiger partial charge on any atom is 0.289 e. The third kappa shape index (κ3) is 3.50. The number of nitrogens with zero attached hydrogens (tertiary/aromatic N) is 4. The van der Waals surface area contributed by atoms with Gasteiger partial charge < -0.3 is 19.0 Å². The highest BCUT2D eigenvalue weighted by molar-refractivity contribution is 5.91. The van der Waals surface area contributed by atoms with Gasteiger partial charge in [-0.25, -0.2) is 9.97 Å². The Bertz CT molecular complexity index is 664. The summed E-state index contributed by atoms with van der Waals surface area (Å²) in [4.78, 5) is 25.1. The minimum absolute atomic E-state index is 0.0615. The molecule has 1 saturated heterocycles. The fraction of sp³-hybridized carbons (Fsp3) is 0.438. The van der Waals surface area contributed by atoms with Crippen molar-refractivity contribution in [1.82, 2.24) is 14.9 Å². The van der Waals surface area contributed by atoms with Crippen LogP contribution in [0.2, 0.25) is 0 Å². The Morgan fingerprint density at radius 2 is 2.09 bits per heavy atom. The molecular weight excluding hydrogens is 296 g/mol. The summed E-state index contributed by atoms with van der Waals surface area (Å²) in [5.74, 6) is 1.89. The van der Waals surface area contributed by atoms with Gasteiger partial charge in [0, 0.05) is 45.0 Å². The van der Waals surface area contributed by atoms with Gasteiger partial charge in [0.05, 0.1) is 6.26 Å². The van der Waals surface area contributed by atoms with Crippen LogP contribution in [0.15, 0.2) is 28.9 Å². The van der Waals surface area contributed by atoms with Crippen LogP contribution in [0.5, 0.6) is 0 Å². The van der Waals surface area contributed by atoms with E-state index in [4.69, 9.17) is 9.15 Å². The van der Waals surface area contributed by atoms with Crippen LogP contribution in [0.3, 0.4) is 0 Å². The number of methoxy groups -OCH3 is 1. The zero-order valence-corrected chi connectivity index (χ0v) is 13.4. The lowest BCUT2D eigenvalue weighted by molar-refractivity contribution is 0.0714. The molecule has 2 aromatic heterocycles. The standard InChI is InChI=1S/C16H20N4O3/c1-12-10-15(18-14(17-12)11-22-2)19-5-7-20(8-6-19)16(21)13-4-3-9-23-13/h3-4,9-10H,5-8,11H2,1-2H3. The summed E-state index contributed by atoms with van der Waals surface area (Å²) < 4.78 is 10.3. The molecule has 0 spiro atoms. The van der Waals surface area contributed by atoms with E-state index in [1.807, 2.05) is 13.0 Å². The first kappa shape index (κ1) is 15.5. The predicted octanol–water partition coefficient (Wildman–Crippen LogP) is 1.49. The molecule has 122 valence electrons. The van der Waals surface area contributed by atoms with Gasteiger partial charge in [0.1, 0.15) is 12.4 Å². The number of carbonyl (C=O) groups is 1. The van der Waals surface area contributed by atoms with Crippen LogP contribution in [0.25, 0.3) is 0 Å². The largest absolute Gasteiger partial charge is 0.459 e. The lowest BCUT2D eigenvalue weighted by Crippen LogP contribution is -2.49. The number of aryl methyl sites for hydroxylation is 1. The number of amides is 1. The highest BCUT2D eigenvalue weighted by Gasteiger charge is 2.24. The fourth-order valence-corrected chi connectivity index (χ4v) is 2.66. The number of furan rings is 1. The van der Waals surface area contributed by atoms with E-state index in [0.29, 0.717) is 31.3 Å². The summed E-state index contributed by atoms with van der Waals surface area (Å²) in [6.07, 6.45) is 1.52. The zero-order chi connectivity index (χ0) is 16.2. The van der Waals surface area contributed by atoms with Gasteiger partial charge in [-0.1, -0.05) is 0 Å². The van der Waals surface area contributed by atoms with Crippen molar-refractivity contribution >= 4 is 11.7 Å². The van der Waals surface area contributed by atoms with E-state index < -0.39 is 0 Å². The summed E-state index contributed by atoms with van der Waals surface area (Å²) >= 11 is 0. The molecule has 1 aliphatic rings. The van der Waals surface area contributed by atoms with Crippen molar-refractivity contribution in [2.24, 2.45) is 0 Å². The molecule has 7 nitrogen and oxygen atoms in total. The zero-order valence-electron chi connectivity index (χ0n) is 13.4. The minimum Gasteiger partial charge on any atom is -0.459 e. The Kier molecular flexibility index (Phi) is 4.57. The number of aromatic nitrogens is 2. The third-order valence-electron chi connectivity index (χ3n) is 3.78. The van der Waals surface area contributed by atoms with Crippen molar-refractivity contribution in [3.05, 3.63) is 41.7 Å². The number of carbonyl (C=O) groups excluding carboxylic acids is 1. The lowest BCUT2D eigenvalue weighted by atomic mass is 10.2. The van der Waals surface area contributed by atoms with Gasteiger partial charge in [-0.3, -0.25) is 4.79 Å². The van der Waals surface area contributed by atoms with Crippen molar-refractivity contribution in [1.29, 1.82) is 0 Å². The Hall–Kier alpha value is -2.41. The molecule has 0 radical (unpaired) electrons. The predicted molar refractivity (Wildman–Crippen MR) is 84.3 cm³/mol. The number of piperazine rings is 1. The van der Waals surface area contributed by atoms with Crippen molar-refractivity contribution < 1.29 is 13.9 Å². The smallest absolute Gasteiger partial charge is 0.289 e. The van der Waals surface area contributed by atoms with Gasteiger partial charge in [0.2, 0.25) is 0 Å². The molecule has 0 aromatic carbocycles.